The first-order valence-corrected chi connectivity index (χ1v) is 8.15. The van der Waals surface area contributed by atoms with E-state index >= 15 is 0 Å². The Morgan fingerprint density at radius 3 is 2.00 bits per heavy atom. The summed E-state index contributed by atoms with van der Waals surface area (Å²) in [6.07, 6.45) is 3.10. The lowest BCUT2D eigenvalue weighted by Crippen LogP contribution is -2.47. The highest BCUT2D eigenvalue weighted by molar-refractivity contribution is 5.15. The molecule has 0 aliphatic carbocycles. The lowest BCUT2D eigenvalue weighted by molar-refractivity contribution is 0.149. The van der Waals surface area contributed by atoms with Crippen LogP contribution in [0.25, 0.3) is 0 Å². The van der Waals surface area contributed by atoms with Gasteiger partial charge in [-0.1, -0.05) is 26.8 Å². The van der Waals surface area contributed by atoms with Gasteiger partial charge in [0.1, 0.15) is 5.82 Å². The lowest BCUT2D eigenvalue weighted by atomic mass is 9.97. The Morgan fingerprint density at radius 1 is 1.14 bits per heavy atom. The molecule has 0 spiro atoms. The lowest BCUT2D eigenvalue weighted by Gasteiger charge is -2.44. The van der Waals surface area contributed by atoms with Gasteiger partial charge < -0.3 is 14.7 Å². The highest BCUT2D eigenvalue weighted by atomic mass is 15.4. The van der Waals surface area contributed by atoms with Gasteiger partial charge in [-0.3, -0.25) is 0 Å². The number of hydrogen-bond acceptors (Lipinski definition) is 3. The molecular weight excluding hydrogens is 258 g/mol. The largest absolute Gasteiger partial charge is 0.375 e. The normalized spacial score (nSPS) is 15.3. The van der Waals surface area contributed by atoms with E-state index in [-0.39, 0.29) is 5.54 Å². The Balaban J connectivity index is 5.77. The molecule has 0 N–H and O–H groups in total. The maximum Gasteiger partial charge on any atom is 0.124 e. The van der Waals surface area contributed by atoms with E-state index in [1.807, 2.05) is 0 Å². The fourth-order valence-electron chi connectivity index (χ4n) is 2.58. The second kappa shape index (κ2) is 8.35. The number of rotatable bonds is 9. The topological polar surface area (TPSA) is 9.72 Å². The first kappa shape index (κ1) is 19.9. The zero-order valence-corrected chi connectivity index (χ0v) is 15.8. The summed E-state index contributed by atoms with van der Waals surface area (Å²) >= 11 is 0. The molecule has 0 heterocycles. The zero-order valence-electron chi connectivity index (χ0n) is 15.8. The summed E-state index contributed by atoms with van der Waals surface area (Å²) in [4.78, 5) is 7.06. The number of hydrogen-bond donors (Lipinski definition) is 0. The highest BCUT2D eigenvalue weighted by Gasteiger charge is 2.29. The van der Waals surface area contributed by atoms with Crippen molar-refractivity contribution in [2.45, 2.75) is 53.5 Å². The van der Waals surface area contributed by atoms with Crippen molar-refractivity contribution >= 4 is 0 Å². The predicted octanol–water partition coefficient (Wildman–Crippen LogP) is 4.00. The van der Waals surface area contributed by atoms with Crippen LogP contribution in [0.15, 0.2) is 24.2 Å². The van der Waals surface area contributed by atoms with Crippen LogP contribution >= 0.6 is 0 Å². The van der Waals surface area contributed by atoms with Gasteiger partial charge in [-0.2, -0.15) is 0 Å². The minimum absolute atomic E-state index is 0.0313. The van der Waals surface area contributed by atoms with Crippen molar-refractivity contribution in [3.8, 4) is 0 Å². The Labute approximate surface area is 133 Å². The van der Waals surface area contributed by atoms with Crippen LogP contribution < -0.4 is 0 Å². The van der Waals surface area contributed by atoms with Crippen molar-refractivity contribution in [1.82, 2.24) is 14.7 Å². The van der Waals surface area contributed by atoms with E-state index in [0.717, 1.165) is 19.5 Å². The summed E-state index contributed by atoms with van der Waals surface area (Å²) < 4.78 is 0. The summed E-state index contributed by atoms with van der Waals surface area (Å²) in [6, 6.07) is 0. The maximum absolute atomic E-state index is 4.06. The van der Waals surface area contributed by atoms with Crippen molar-refractivity contribution in [3.63, 3.8) is 0 Å². The molecule has 1 unspecified atom stereocenters. The van der Waals surface area contributed by atoms with E-state index in [9.17, 15) is 0 Å². The van der Waals surface area contributed by atoms with Gasteiger partial charge in [0.15, 0.2) is 0 Å². The molecule has 0 saturated heterocycles. The Hall–Kier alpha value is -1.12. The van der Waals surface area contributed by atoms with Crippen LogP contribution in [0.5, 0.6) is 0 Å². The average molecular weight is 296 g/mol. The van der Waals surface area contributed by atoms with E-state index in [2.05, 4.69) is 90.0 Å². The van der Waals surface area contributed by atoms with Crippen molar-refractivity contribution in [3.05, 3.63) is 24.2 Å². The third-order valence-electron chi connectivity index (χ3n) is 4.61. The minimum atomic E-state index is -0.0313. The van der Waals surface area contributed by atoms with Crippen molar-refractivity contribution in [1.29, 1.82) is 0 Å². The molecule has 0 aliphatic rings. The summed E-state index contributed by atoms with van der Waals surface area (Å²) in [5.74, 6) is 1.92. The van der Waals surface area contributed by atoms with Gasteiger partial charge in [-0.05, 0) is 33.1 Å². The Morgan fingerprint density at radius 2 is 1.67 bits per heavy atom. The monoisotopic (exact) mass is 295 g/mol. The molecule has 0 aromatic carbocycles. The fraction of sp³-hybridized carbons (Fsp3) is 0.778. The van der Waals surface area contributed by atoms with E-state index in [1.54, 1.807) is 0 Å². The summed E-state index contributed by atoms with van der Waals surface area (Å²) in [5.41, 5.74) is 1.28. The van der Waals surface area contributed by atoms with Gasteiger partial charge in [0.25, 0.3) is 0 Å². The van der Waals surface area contributed by atoms with Crippen LogP contribution in [-0.2, 0) is 0 Å². The van der Waals surface area contributed by atoms with E-state index in [0.29, 0.717) is 5.92 Å². The van der Waals surface area contributed by atoms with E-state index in [1.165, 1.54) is 11.5 Å². The molecular formula is C18H37N3. The summed E-state index contributed by atoms with van der Waals surface area (Å²) in [6.45, 7) is 19.5. The molecule has 0 saturated carbocycles. The van der Waals surface area contributed by atoms with Crippen LogP contribution in [0.2, 0.25) is 0 Å². The first-order chi connectivity index (χ1) is 9.64. The fourth-order valence-corrected chi connectivity index (χ4v) is 2.58. The second-order valence-corrected chi connectivity index (χ2v) is 6.67. The smallest absolute Gasteiger partial charge is 0.124 e. The van der Waals surface area contributed by atoms with Crippen LogP contribution in [0.4, 0.5) is 0 Å². The molecule has 0 bridgehead atoms. The standard InChI is InChI=1S/C18H37N3/c1-11-18(7,12-2)21(10)17(16(6)19(8)13-3)20(9)14-15(4)5/h11,15H,1,12-14H2,2-10H3. The van der Waals surface area contributed by atoms with E-state index < -0.39 is 0 Å². The SMILES string of the molecule is C=CC(C)(CC)N(C)C(=C(C)N(C)CC)N(C)CC(C)C. The number of allylic oxidation sites excluding steroid dienone is 1. The molecule has 0 aliphatic heterocycles. The molecule has 3 nitrogen and oxygen atoms in total. The van der Waals surface area contributed by atoms with Gasteiger partial charge in [0, 0.05) is 34.2 Å². The highest BCUT2D eigenvalue weighted by Crippen LogP contribution is 2.27. The first-order valence-electron chi connectivity index (χ1n) is 8.15. The van der Waals surface area contributed by atoms with E-state index in [4.69, 9.17) is 0 Å². The number of nitrogens with zero attached hydrogens (tertiary/aromatic N) is 3. The summed E-state index contributed by atoms with van der Waals surface area (Å²) in [5, 5.41) is 0. The predicted molar refractivity (Wildman–Crippen MR) is 95.1 cm³/mol. The molecule has 0 aromatic heterocycles. The molecule has 0 aromatic rings. The third kappa shape index (κ3) is 4.98. The quantitative estimate of drug-likeness (QED) is 0.595. The van der Waals surface area contributed by atoms with Gasteiger partial charge in [0.2, 0.25) is 0 Å². The van der Waals surface area contributed by atoms with Gasteiger partial charge in [-0.25, -0.2) is 0 Å². The van der Waals surface area contributed by atoms with Gasteiger partial charge >= 0.3 is 0 Å². The molecule has 0 rings (SSSR count). The molecule has 3 heteroatoms. The van der Waals surface area contributed by atoms with Crippen LogP contribution in [0.3, 0.4) is 0 Å². The van der Waals surface area contributed by atoms with Gasteiger partial charge in [0.05, 0.1) is 11.2 Å². The molecule has 0 radical (unpaired) electrons. The molecule has 124 valence electrons. The van der Waals surface area contributed by atoms with Crippen LogP contribution in [-0.4, -0.2) is 54.5 Å². The molecule has 0 amide bonds. The molecule has 1 atom stereocenters. The van der Waals surface area contributed by atoms with Crippen molar-refractivity contribution in [2.24, 2.45) is 5.92 Å². The average Bonchev–Trinajstić information content (AvgIpc) is 2.44. The molecule has 0 fully saturated rings. The second-order valence-electron chi connectivity index (χ2n) is 6.67. The van der Waals surface area contributed by atoms with Crippen LogP contribution in [0.1, 0.15) is 48.0 Å². The van der Waals surface area contributed by atoms with Gasteiger partial charge in [-0.15, -0.1) is 6.58 Å². The Kier molecular flexibility index (Phi) is 7.91. The maximum atomic E-state index is 4.06. The van der Waals surface area contributed by atoms with Crippen molar-refractivity contribution in [2.75, 3.05) is 34.2 Å². The van der Waals surface area contributed by atoms with Crippen LogP contribution in [0, 0.1) is 5.92 Å². The van der Waals surface area contributed by atoms with Crippen molar-refractivity contribution < 1.29 is 0 Å². The summed E-state index contributed by atoms with van der Waals surface area (Å²) in [7, 11) is 6.53. The zero-order chi connectivity index (χ0) is 16.8. The third-order valence-corrected chi connectivity index (χ3v) is 4.61. The number of likely N-dealkylation sites (N-methyl/N-ethyl adjacent to an activating group) is 1. The Bertz CT molecular complexity index is 359. The molecule has 21 heavy (non-hydrogen) atoms. The minimum Gasteiger partial charge on any atom is -0.375 e.